The zero-order valence-electron chi connectivity index (χ0n) is 6.41. The van der Waals surface area contributed by atoms with Crippen molar-refractivity contribution in [3.63, 3.8) is 0 Å². The fourth-order valence-corrected chi connectivity index (χ4v) is 1.55. The highest BCUT2D eigenvalue weighted by molar-refractivity contribution is 7.10. The summed E-state index contributed by atoms with van der Waals surface area (Å²) in [6, 6.07) is 0. The van der Waals surface area contributed by atoms with Crippen molar-refractivity contribution in [3.05, 3.63) is 0 Å². The van der Waals surface area contributed by atoms with E-state index in [4.69, 9.17) is 0 Å². The van der Waals surface area contributed by atoms with Crippen LogP contribution in [0.2, 0.25) is 0 Å². The van der Waals surface area contributed by atoms with Crippen LogP contribution in [-0.4, -0.2) is 30.7 Å². The van der Waals surface area contributed by atoms with Crippen LogP contribution in [0, 0.1) is 0 Å². The predicted octanol–water partition coefficient (Wildman–Crippen LogP) is 0.529. The maximum Gasteiger partial charge on any atom is 0.380 e. The summed E-state index contributed by atoms with van der Waals surface area (Å²) in [5.41, 5.74) is 0. The third-order valence-electron chi connectivity index (χ3n) is 1.63. The Hall–Kier alpha value is 0.110. The van der Waals surface area contributed by atoms with E-state index in [2.05, 4.69) is 13.8 Å². The summed E-state index contributed by atoms with van der Waals surface area (Å²) in [6.45, 7) is -0.148. The molecule has 0 saturated carbocycles. The number of carbonyl (C=O) groups excluding carboxylic acids is 1. The second-order valence-electron chi connectivity index (χ2n) is 2.46. The first-order chi connectivity index (χ1) is 6.04. The van der Waals surface area contributed by atoms with Crippen LogP contribution in [0.25, 0.3) is 0 Å². The Labute approximate surface area is 77.9 Å². The number of halogens is 2. The van der Waals surface area contributed by atoms with E-state index < -0.39 is 24.1 Å². The molecular formula is C5H8F2O4P2. The van der Waals surface area contributed by atoms with Crippen LogP contribution >= 0.6 is 18.9 Å². The molecule has 1 rings (SSSR count). The molecule has 0 aromatic heterocycles. The van der Waals surface area contributed by atoms with Gasteiger partial charge in [0.05, 0.1) is 6.61 Å². The van der Waals surface area contributed by atoms with Gasteiger partial charge in [0, 0.05) is 18.9 Å². The molecule has 1 aliphatic rings. The lowest BCUT2D eigenvalue weighted by atomic mass is 10.1. The number of cyclic esters (lactones) is 1. The molecule has 4 atom stereocenters. The molecule has 76 valence electrons. The van der Waals surface area contributed by atoms with Crippen LogP contribution < -0.4 is 0 Å². The summed E-state index contributed by atoms with van der Waals surface area (Å²) >= 11 is 0. The molecule has 8 heteroatoms. The molecule has 0 aliphatic carbocycles. The Kier molecular flexibility index (Phi) is 3.52. The molecule has 4 nitrogen and oxygen atoms in total. The van der Waals surface area contributed by atoms with Crippen LogP contribution in [0.1, 0.15) is 0 Å². The van der Waals surface area contributed by atoms with Gasteiger partial charge in [-0.25, -0.2) is 4.79 Å². The molecule has 0 aromatic carbocycles. The lowest BCUT2D eigenvalue weighted by molar-refractivity contribution is -0.161. The summed E-state index contributed by atoms with van der Waals surface area (Å²) in [5, 5.41) is 0. The van der Waals surface area contributed by atoms with Crippen LogP contribution in [0.15, 0.2) is 0 Å². The maximum absolute atomic E-state index is 12.9. The topological polar surface area (TPSA) is 44.8 Å². The summed E-state index contributed by atoms with van der Waals surface area (Å²) in [7, 11) is 3.56. The molecule has 0 bridgehead atoms. The number of rotatable bonds is 3. The number of alkyl halides is 2. The minimum Gasteiger partial charge on any atom is -0.452 e. The van der Waals surface area contributed by atoms with Gasteiger partial charge in [-0.3, -0.25) is 0 Å². The van der Waals surface area contributed by atoms with Crippen molar-refractivity contribution in [2.45, 2.75) is 18.1 Å². The minimum absolute atomic E-state index is 0.148. The lowest BCUT2D eigenvalue weighted by Gasteiger charge is -2.16. The zero-order valence-corrected chi connectivity index (χ0v) is 8.71. The maximum atomic E-state index is 12.9. The smallest absolute Gasteiger partial charge is 0.380 e. The summed E-state index contributed by atoms with van der Waals surface area (Å²) < 4.78 is 39.1. The third kappa shape index (κ3) is 1.96. The molecule has 1 aliphatic heterocycles. The molecular weight excluding hydrogens is 224 g/mol. The first-order valence-corrected chi connectivity index (χ1v) is 4.24. The summed E-state index contributed by atoms with van der Waals surface area (Å²) in [6.07, 6.45) is -2.68. The second kappa shape index (κ2) is 4.09. The molecule has 1 saturated heterocycles. The van der Waals surface area contributed by atoms with Gasteiger partial charge in [0.1, 0.15) is 0 Å². The first-order valence-electron chi connectivity index (χ1n) is 3.30. The van der Waals surface area contributed by atoms with Gasteiger partial charge in [0.25, 0.3) is 0 Å². The number of hydrogen-bond acceptors (Lipinski definition) is 4. The average molecular weight is 232 g/mol. The molecule has 0 N–H and O–H groups in total. The summed E-state index contributed by atoms with van der Waals surface area (Å²) in [5.74, 6) is -5.18. The van der Waals surface area contributed by atoms with Crippen LogP contribution in [0.3, 0.4) is 0 Å². The van der Waals surface area contributed by atoms with E-state index in [1.54, 1.807) is 9.47 Å². The predicted molar refractivity (Wildman–Crippen MR) is 45.1 cm³/mol. The van der Waals surface area contributed by atoms with Crippen molar-refractivity contribution in [1.29, 1.82) is 0 Å². The normalized spacial score (nSPS) is 31.8. The van der Waals surface area contributed by atoms with E-state index in [0.29, 0.717) is 0 Å². The minimum atomic E-state index is -3.60. The number of carbonyl (C=O) groups is 1. The van der Waals surface area contributed by atoms with Crippen LogP contribution in [0.5, 0.6) is 0 Å². The monoisotopic (exact) mass is 232 g/mol. The Morgan fingerprint density at radius 2 is 2.15 bits per heavy atom. The average Bonchev–Trinajstić information content (AvgIpc) is 2.24. The highest BCUT2D eigenvalue weighted by Crippen LogP contribution is 2.35. The van der Waals surface area contributed by atoms with Crippen molar-refractivity contribution < 1.29 is 27.4 Å². The van der Waals surface area contributed by atoms with E-state index in [1.165, 1.54) is 0 Å². The van der Waals surface area contributed by atoms with Gasteiger partial charge in [-0.05, 0) is 0 Å². The van der Waals surface area contributed by atoms with Crippen molar-refractivity contribution >= 4 is 24.9 Å². The van der Waals surface area contributed by atoms with Crippen molar-refractivity contribution in [3.8, 4) is 0 Å². The van der Waals surface area contributed by atoms with Crippen LogP contribution in [-0.2, 0) is 18.6 Å². The van der Waals surface area contributed by atoms with Gasteiger partial charge in [-0.15, -0.1) is 0 Å². The van der Waals surface area contributed by atoms with E-state index in [1.807, 2.05) is 9.47 Å². The van der Waals surface area contributed by atoms with E-state index in [9.17, 15) is 13.6 Å². The molecule has 0 aromatic rings. The lowest BCUT2D eigenvalue weighted by Crippen LogP contribution is -2.39. The number of esters is 1. The van der Waals surface area contributed by atoms with Gasteiger partial charge in [0.2, 0.25) is 0 Å². The molecule has 1 heterocycles. The zero-order chi connectivity index (χ0) is 10.1. The SMILES string of the molecule is O=C1OC(COP)C(OP)C1(F)F. The van der Waals surface area contributed by atoms with Gasteiger partial charge >= 0.3 is 11.9 Å². The first kappa shape index (κ1) is 11.2. The molecule has 4 unspecified atom stereocenters. The number of hydrogen-bond donors (Lipinski definition) is 0. The Balaban J connectivity index is 2.76. The Morgan fingerprint density at radius 3 is 2.62 bits per heavy atom. The van der Waals surface area contributed by atoms with Crippen molar-refractivity contribution in [1.82, 2.24) is 0 Å². The fraction of sp³-hybridized carbons (Fsp3) is 0.800. The standard InChI is InChI=1S/C5H8F2O4P2/c6-5(7)3(11-13)2(1-9-12)10-4(5)8/h2-3H,1,12-13H2. The van der Waals surface area contributed by atoms with Crippen molar-refractivity contribution in [2.24, 2.45) is 0 Å². The van der Waals surface area contributed by atoms with Crippen molar-refractivity contribution in [2.75, 3.05) is 6.61 Å². The molecule has 0 amide bonds. The molecule has 13 heavy (non-hydrogen) atoms. The third-order valence-corrected chi connectivity index (χ3v) is 2.12. The van der Waals surface area contributed by atoms with Gasteiger partial charge < -0.3 is 13.8 Å². The highest BCUT2D eigenvalue weighted by atomic mass is 31.0. The van der Waals surface area contributed by atoms with E-state index >= 15 is 0 Å². The largest absolute Gasteiger partial charge is 0.452 e. The van der Waals surface area contributed by atoms with Crippen LogP contribution in [0.4, 0.5) is 8.78 Å². The van der Waals surface area contributed by atoms with Gasteiger partial charge in [0.15, 0.2) is 12.2 Å². The second-order valence-corrected chi connectivity index (χ2v) is 3.06. The highest BCUT2D eigenvalue weighted by Gasteiger charge is 2.60. The quantitative estimate of drug-likeness (QED) is 0.526. The Morgan fingerprint density at radius 1 is 1.54 bits per heavy atom. The fourth-order valence-electron chi connectivity index (χ4n) is 1.02. The number of ether oxygens (including phenoxy) is 1. The molecule has 0 spiro atoms. The summed E-state index contributed by atoms with van der Waals surface area (Å²) in [4.78, 5) is 10.6. The van der Waals surface area contributed by atoms with Gasteiger partial charge in [-0.1, -0.05) is 0 Å². The molecule has 1 fully saturated rings. The van der Waals surface area contributed by atoms with Gasteiger partial charge in [-0.2, -0.15) is 8.78 Å². The Bertz CT molecular complexity index is 213. The van der Waals surface area contributed by atoms with E-state index in [-0.39, 0.29) is 6.61 Å². The van der Waals surface area contributed by atoms with E-state index in [0.717, 1.165) is 0 Å². The molecule has 0 radical (unpaired) electrons.